The van der Waals surface area contributed by atoms with E-state index in [1.807, 2.05) is 31.2 Å². The summed E-state index contributed by atoms with van der Waals surface area (Å²) >= 11 is 0. The highest BCUT2D eigenvalue weighted by atomic mass is 32.2. The van der Waals surface area contributed by atoms with Gasteiger partial charge in [0, 0.05) is 0 Å². The van der Waals surface area contributed by atoms with Gasteiger partial charge in [0.05, 0.1) is 9.79 Å². The molecule has 0 radical (unpaired) electrons. The van der Waals surface area contributed by atoms with E-state index in [1.54, 1.807) is 54.6 Å². The maximum atomic E-state index is 12.6. The molecule has 0 N–H and O–H groups in total. The molecule has 0 heterocycles. The molecule has 0 unspecified atom stereocenters. The fourth-order valence-electron chi connectivity index (χ4n) is 2.37. The molecule has 0 saturated heterocycles. The van der Waals surface area contributed by atoms with Gasteiger partial charge >= 0.3 is 0 Å². The average molecular weight is 350 g/mol. The van der Waals surface area contributed by atoms with Gasteiger partial charge in [0.25, 0.3) is 0 Å². The topological polar surface area (TPSA) is 43.4 Å². The van der Waals surface area contributed by atoms with Crippen molar-refractivity contribution in [3.8, 4) is 11.5 Å². The van der Waals surface area contributed by atoms with Crippen LogP contribution < -0.4 is 4.74 Å². The number of hydrogen-bond donors (Lipinski definition) is 0. The summed E-state index contributed by atoms with van der Waals surface area (Å²) in [5.41, 5.74) is 2.04. The molecule has 3 aromatic rings. The molecule has 0 aromatic heterocycles. The second kappa shape index (κ2) is 6.95. The van der Waals surface area contributed by atoms with Crippen LogP contribution in [0.1, 0.15) is 12.5 Å². The quantitative estimate of drug-likeness (QED) is 0.623. The van der Waals surface area contributed by atoms with E-state index in [-0.39, 0.29) is 9.79 Å². The first-order valence-electron chi connectivity index (χ1n) is 7.81. The predicted molar refractivity (Wildman–Crippen MR) is 99.6 cm³/mol. The second-order valence-electron chi connectivity index (χ2n) is 5.69. The Hall–Kier alpha value is -2.85. The lowest BCUT2D eigenvalue weighted by molar-refractivity contribution is 0.482. The third-order valence-corrected chi connectivity index (χ3v) is 5.56. The Bertz CT molecular complexity index is 972. The first-order chi connectivity index (χ1) is 12.0. The van der Waals surface area contributed by atoms with E-state index < -0.39 is 9.84 Å². The fourth-order valence-corrected chi connectivity index (χ4v) is 3.65. The third kappa shape index (κ3) is 3.80. The van der Waals surface area contributed by atoms with Gasteiger partial charge in [-0.05, 0) is 61.0 Å². The van der Waals surface area contributed by atoms with Crippen LogP contribution in [0.2, 0.25) is 0 Å². The fraction of sp³-hybridized carbons (Fsp3) is 0.0476. The van der Waals surface area contributed by atoms with E-state index in [1.165, 1.54) is 0 Å². The minimum atomic E-state index is -3.51. The number of ether oxygens (including phenoxy) is 1. The summed E-state index contributed by atoms with van der Waals surface area (Å²) in [4.78, 5) is 0.516. The number of sulfone groups is 1. The van der Waals surface area contributed by atoms with E-state index in [0.717, 1.165) is 11.1 Å². The highest BCUT2D eigenvalue weighted by molar-refractivity contribution is 7.91. The molecule has 0 aliphatic rings. The Morgan fingerprint density at radius 3 is 1.76 bits per heavy atom. The molecule has 0 amide bonds. The molecule has 3 aromatic carbocycles. The third-order valence-electron chi connectivity index (χ3n) is 3.77. The van der Waals surface area contributed by atoms with Gasteiger partial charge < -0.3 is 4.74 Å². The molecule has 25 heavy (non-hydrogen) atoms. The van der Waals surface area contributed by atoms with Crippen molar-refractivity contribution in [1.29, 1.82) is 0 Å². The standard InChI is InChI=1S/C21H18O3S/c1-16(2)17-8-10-18(11-9-17)24-19-12-14-21(15-13-19)25(22,23)20-6-4-3-5-7-20/h3-15H,1H2,2H3. The zero-order chi connectivity index (χ0) is 17.9. The summed E-state index contributed by atoms with van der Waals surface area (Å²) in [6.07, 6.45) is 0. The monoisotopic (exact) mass is 350 g/mol. The van der Waals surface area contributed by atoms with Crippen molar-refractivity contribution >= 4 is 15.4 Å². The largest absolute Gasteiger partial charge is 0.457 e. The highest BCUT2D eigenvalue weighted by Crippen LogP contribution is 2.26. The molecule has 126 valence electrons. The first-order valence-corrected chi connectivity index (χ1v) is 9.29. The maximum Gasteiger partial charge on any atom is 0.206 e. The molecule has 0 fully saturated rings. The molecule has 0 bridgehead atoms. The Morgan fingerprint density at radius 2 is 1.24 bits per heavy atom. The van der Waals surface area contributed by atoms with Crippen molar-refractivity contribution in [3.05, 3.63) is 91.0 Å². The van der Waals surface area contributed by atoms with Gasteiger partial charge in [-0.2, -0.15) is 0 Å². The van der Waals surface area contributed by atoms with E-state index in [2.05, 4.69) is 6.58 Å². The zero-order valence-corrected chi connectivity index (χ0v) is 14.7. The summed E-state index contributed by atoms with van der Waals surface area (Å²) in [6, 6.07) is 22.4. The summed E-state index contributed by atoms with van der Waals surface area (Å²) in [5.74, 6) is 1.26. The SMILES string of the molecule is C=C(C)c1ccc(Oc2ccc(S(=O)(=O)c3ccccc3)cc2)cc1. The second-order valence-corrected chi connectivity index (χ2v) is 7.64. The maximum absolute atomic E-state index is 12.6. The van der Waals surface area contributed by atoms with Gasteiger partial charge in [0.15, 0.2) is 0 Å². The van der Waals surface area contributed by atoms with Gasteiger partial charge in [-0.3, -0.25) is 0 Å². The van der Waals surface area contributed by atoms with Gasteiger partial charge in [-0.1, -0.05) is 42.5 Å². The van der Waals surface area contributed by atoms with E-state index in [0.29, 0.717) is 11.5 Å². The number of allylic oxidation sites excluding steroid dienone is 1. The van der Waals surface area contributed by atoms with Crippen molar-refractivity contribution in [2.24, 2.45) is 0 Å². The van der Waals surface area contributed by atoms with Gasteiger partial charge in [-0.25, -0.2) is 8.42 Å². The molecular weight excluding hydrogens is 332 g/mol. The van der Waals surface area contributed by atoms with Crippen LogP contribution >= 0.6 is 0 Å². The summed E-state index contributed by atoms with van der Waals surface area (Å²) < 4.78 is 30.9. The van der Waals surface area contributed by atoms with Crippen molar-refractivity contribution in [2.45, 2.75) is 16.7 Å². The smallest absolute Gasteiger partial charge is 0.206 e. The lowest BCUT2D eigenvalue weighted by Gasteiger charge is -2.08. The molecule has 0 saturated carbocycles. The number of benzene rings is 3. The van der Waals surface area contributed by atoms with Crippen LogP contribution in [-0.2, 0) is 9.84 Å². The van der Waals surface area contributed by atoms with Crippen LogP contribution in [-0.4, -0.2) is 8.42 Å². The van der Waals surface area contributed by atoms with Gasteiger partial charge in [0.2, 0.25) is 9.84 Å². The normalized spacial score (nSPS) is 11.1. The van der Waals surface area contributed by atoms with Crippen LogP contribution in [0.25, 0.3) is 5.57 Å². The van der Waals surface area contributed by atoms with E-state index >= 15 is 0 Å². The minimum Gasteiger partial charge on any atom is -0.457 e. The molecule has 3 rings (SSSR count). The summed E-state index contributed by atoms with van der Waals surface area (Å²) in [5, 5.41) is 0. The molecule has 0 atom stereocenters. The Kier molecular flexibility index (Phi) is 4.72. The molecule has 3 nitrogen and oxygen atoms in total. The van der Waals surface area contributed by atoms with Gasteiger partial charge in [-0.15, -0.1) is 0 Å². The van der Waals surface area contributed by atoms with Crippen LogP contribution in [0.5, 0.6) is 11.5 Å². The molecular formula is C21H18O3S. The van der Waals surface area contributed by atoms with E-state index in [4.69, 9.17) is 4.74 Å². The minimum absolute atomic E-state index is 0.240. The van der Waals surface area contributed by atoms with Crippen molar-refractivity contribution in [2.75, 3.05) is 0 Å². The van der Waals surface area contributed by atoms with Crippen LogP contribution in [0.15, 0.2) is 95.2 Å². The zero-order valence-electron chi connectivity index (χ0n) is 13.8. The molecule has 0 aliphatic carbocycles. The van der Waals surface area contributed by atoms with Gasteiger partial charge in [0.1, 0.15) is 11.5 Å². The lowest BCUT2D eigenvalue weighted by Crippen LogP contribution is -2.01. The predicted octanol–water partition coefficient (Wildman–Crippen LogP) is 5.34. The van der Waals surface area contributed by atoms with Crippen LogP contribution in [0.4, 0.5) is 0 Å². The Balaban J connectivity index is 1.79. The molecule has 0 spiro atoms. The first kappa shape index (κ1) is 17.0. The Morgan fingerprint density at radius 1 is 0.760 bits per heavy atom. The Labute approximate surface area is 148 Å². The van der Waals surface area contributed by atoms with Crippen LogP contribution in [0.3, 0.4) is 0 Å². The molecule has 0 aliphatic heterocycles. The number of hydrogen-bond acceptors (Lipinski definition) is 3. The van der Waals surface area contributed by atoms with Crippen molar-refractivity contribution < 1.29 is 13.2 Å². The molecule has 4 heteroatoms. The van der Waals surface area contributed by atoms with Crippen LogP contribution in [0, 0.1) is 0 Å². The summed E-state index contributed by atoms with van der Waals surface area (Å²) in [6.45, 7) is 5.85. The lowest BCUT2D eigenvalue weighted by atomic mass is 10.1. The summed E-state index contributed by atoms with van der Waals surface area (Å²) in [7, 11) is -3.51. The highest BCUT2D eigenvalue weighted by Gasteiger charge is 2.16. The average Bonchev–Trinajstić information content (AvgIpc) is 2.63. The van der Waals surface area contributed by atoms with Crippen molar-refractivity contribution in [3.63, 3.8) is 0 Å². The van der Waals surface area contributed by atoms with Crippen molar-refractivity contribution in [1.82, 2.24) is 0 Å². The van der Waals surface area contributed by atoms with E-state index in [9.17, 15) is 8.42 Å². The number of rotatable bonds is 5.